The summed E-state index contributed by atoms with van der Waals surface area (Å²) in [5.41, 5.74) is 4.95. The van der Waals surface area contributed by atoms with E-state index in [0.29, 0.717) is 35.5 Å². The molecule has 0 saturated carbocycles. The van der Waals surface area contributed by atoms with Crippen molar-refractivity contribution in [3.05, 3.63) is 102 Å². The molecule has 5 aromatic rings. The van der Waals surface area contributed by atoms with Crippen molar-refractivity contribution in [2.75, 3.05) is 42.3 Å². The molecular weight excluding hydrogens is 768 g/mol. The summed E-state index contributed by atoms with van der Waals surface area (Å²) in [6, 6.07) is 11.7. The average Bonchev–Trinajstić information content (AvgIpc) is 3.76. The number of amides is 3. The summed E-state index contributed by atoms with van der Waals surface area (Å²) in [4.78, 5) is 59.1. The molecule has 0 fully saturated rings. The molecule has 4 heterocycles. The largest absolute Gasteiger partial charge is 0.383 e. The van der Waals surface area contributed by atoms with Crippen molar-refractivity contribution in [3.63, 3.8) is 0 Å². The van der Waals surface area contributed by atoms with Gasteiger partial charge in [-0.3, -0.25) is 39.4 Å². The van der Waals surface area contributed by atoms with Crippen molar-refractivity contribution in [2.24, 2.45) is 4.99 Å². The fraction of sp³-hybridized carbons (Fsp3) is 0.306. The Morgan fingerprint density at radius 2 is 1.75 bits per heavy atom. The minimum absolute atomic E-state index is 0.0534. The lowest BCUT2D eigenvalue weighted by Crippen LogP contribution is -2.29. The summed E-state index contributed by atoms with van der Waals surface area (Å²) in [7, 11) is 0. The third-order valence-corrected chi connectivity index (χ3v) is 11.1. The fourth-order valence-electron chi connectivity index (χ4n) is 5.93. The van der Waals surface area contributed by atoms with Crippen molar-refractivity contribution in [1.82, 2.24) is 25.1 Å². The molecule has 0 bridgehead atoms. The number of ether oxygens (including phenoxy) is 1. The lowest BCUT2D eigenvalue weighted by atomic mass is 9.99. The van der Waals surface area contributed by atoms with Gasteiger partial charge in [-0.15, -0.1) is 21.5 Å². The standard InChI is InChI=1S/C36H37ClN10O6S2/c1-18-20(3)54-35-30(18)31(23-6-8-24(37)9-7-23)42-28(32-45-44-21(4)46(32)35)17-29(49)39-13-15-53-14-12-38-25-10-11-26(27(16-25)41-22(5)48)33(50)43-36-40-19(2)34(55-36)47(51)52/h6-11,16,28,38H,12-15,17H2,1-5H3,(H,39,49)(H,41,48)(H,40,43,50)/t28-/m0/s1. The van der Waals surface area contributed by atoms with Crippen molar-refractivity contribution in [1.29, 1.82) is 0 Å². The second-order valence-electron chi connectivity index (χ2n) is 12.6. The maximum Gasteiger partial charge on any atom is 0.348 e. The molecule has 16 nitrogen and oxygen atoms in total. The molecule has 1 aliphatic rings. The number of rotatable bonds is 14. The first-order valence-corrected chi connectivity index (χ1v) is 19.1. The van der Waals surface area contributed by atoms with E-state index in [0.717, 1.165) is 43.6 Å². The monoisotopic (exact) mass is 804 g/mol. The number of thiophene rings is 1. The number of nitro groups is 1. The van der Waals surface area contributed by atoms with Crippen LogP contribution in [-0.4, -0.2) is 74.4 Å². The number of hydrogen-bond donors (Lipinski definition) is 4. The molecule has 0 unspecified atom stereocenters. The summed E-state index contributed by atoms with van der Waals surface area (Å²) >= 11 is 8.60. The molecule has 1 atom stereocenters. The fourth-order valence-corrected chi connectivity index (χ4v) is 8.05. The van der Waals surface area contributed by atoms with Crippen LogP contribution in [0.15, 0.2) is 47.5 Å². The molecule has 19 heteroatoms. The smallest absolute Gasteiger partial charge is 0.348 e. The molecule has 0 radical (unpaired) electrons. The highest BCUT2D eigenvalue weighted by Crippen LogP contribution is 2.39. The number of fused-ring (bicyclic) bond motifs is 3. The van der Waals surface area contributed by atoms with Gasteiger partial charge in [-0.25, -0.2) is 4.98 Å². The number of aromatic nitrogens is 4. The van der Waals surface area contributed by atoms with Gasteiger partial charge in [0.1, 0.15) is 22.6 Å². The van der Waals surface area contributed by atoms with E-state index in [1.165, 1.54) is 19.9 Å². The Labute approximate surface area is 328 Å². The highest BCUT2D eigenvalue weighted by Gasteiger charge is 2.32. The number of hydrogen-bond acceptors (Lipinski definition) is 13. The van der Waals surface area contributed by atoms with Crippen LogP contribution in [0.5, 0.6) is 0 Å². The predicted molar refractivity (Wildman–Crippen MR) is 212 cm³/mol. The lowest BCUT2D eigenvalue weighted by Gasteiger charge is -2.14. The van der Waals surface area contributed by atoms with Gasteiger partial charge in [-0.1, -0.05) is 23.7 Å². The SMILES string of the molecule is CC(=O)Nc1cc(NCCOCCNC(=O)C[C@@H]2N=C(c3ccc(Cl)cc3)c3c(sc(C)c3C)-n3c(C)nnc32)ccc1C(=O)Nc1nc(C)c([N+](=O)[O-])s1. The van der Waals surface area contributed by atoms with Crippen molar-refractivity contribution in [3.8, 4) is 5.00 Å². The quantitative estimate of drug-likeness (QED) is 0.0558. The van der Waals surface area contributed by atoms with Crippen LogP contribution in [0.4, 0.5) is 21.5 Å². The van der Waals surface area contributed by atoms with E-state index in [4.69, 9.17) is 21.3 Å². The number of thiazole rings is 1. The molecule has 3 amide bonds. The maximum atomic E-state index is 13.3. The van der Waals surface area contributed by atoms with Gasteiger partial charge in [-0.2, -0.15) is 0 Å². The molecule has 55 heavy (non-hydrogen) atoms. The summed E-state index contributed by atoms with van der Waals surface area (Å²) in [6.07, 6.45) is 0.0534. The minimum Gasteiger partial charge on any atom is -0.383 e. The van der Waals surface area contributed by atoms with Crippen LogP contribution in [0.2, 0.25) is 5.02 Å². The molecule has 1 aliphatic heterocycles. The summed E-state index contributed by atoms with van der Waals surface area (Å²) in [5, 5.41) is 32.8. The van der Waals surface area contributed by atoms with Gasteiger partial charge >= 0.3 is 5.00 Å². The average molecular weight is 805 g/mol. The Morgan fingerprint density at radius 3 is 2.45 bits per heavy atom. The predicted octanol–water partition coefficient (Wildman–Crippen LogP) is 6.32. The van der Waals surface area contributed by atoms with Crippen LogP contribution in [0.1, 0.15) is 68.7 Å². The van der Waals surface area contributed by atoms with E-state index >= 15 is 0 Å². The molecule has 3 aromatic heterocycles. The van der Waals surface area contributed by atoms with E-state index in [1.807, 2.05) is 35.8 Å². The molecule has 4 N–H and O–H groups in total. The molecule has 0 aliphatic carbocycles. The summed E-state index contributed by atoms with van der Waals surface area (Å²) in [5.74, 6) is 0.119. The second-order valence-corrected chi connectivity index (χ2v) is 15.2. The van der Waals surface area contributed by atoms with Crippen LogP contribution in [0, 0.1) is 37.8 Å². The first-order valence-electron chi connectivity index (χ1n) is 17.1. The second kappa shape index (κ2) is 16.8. The summed E-state index contributed by atoms with van der Waals surface area (Å²) < 4.78 is 7.74. The Hall–Kier alpha value is -5.56. The zero-order valence-electron chi connectivity index (χ0n) is 30.5. The van der Waals surface area contributed by atoms with Gasteiger partial charge in [-0.05, 0) is 74.9 Å². The number of benzene rings is 2. The van der Waals surface area contributed by atoms with Gasteiger partial charge < -0.3 is 20.7 Å². The van der Waals surface area contributed by atoms with Crippen molar-refractivity contribution < 1.29 is 24.0 Å². The van der Waals surface area contributed by atoms with Crippen LogP contribution in [0.3, 0.4) is 0 Å². The van der Waals surface area contributed by atoms with Gasteiger partial charge in [0.2, 0.25) is 11.8 Å². The zero-order valence-corrected chi connectivity index (χ0v) is 32.9. The number of nitrogens with one attached hydrogen (secondary N) is 4. The lowest BCUT2D eigenvalue weighted by molar-refractivity contribution is -0.380. The third kappa shape index (κ3) is 8.88. The Bertz CT molecular complexity index is 2320. The van der Waals surface area contributed by atoms with Gasteiger partial charge in [0.15, 0.2) is 11.0 Å². The maximum absolute atomic E-state index is 13.3. The first kappa shape index (κ1) is 39.1. The Balaban J connectivity index is 1.03. The number of anilines is 3. The van der Waals surface area contributed by atoms with E-state index in [1.54, 1.807) is 23.5 Å². The van der Waals surface area contributed by atoms with E-state index in [-0.39, 0.29) is 58.5 Å². The van der Waals surface area contributed by atoms with Crippen molar-refractivity contribution >= 4 is 79.2 Å². The number of aliphatic imine (C=N–C) groups is 1. The zero-order chi connectivity index (χ0) is 39.4. The number of nitrogens with zero attached hydrogens (tertiary/aromatic N) is 6. The van der Waals surface area contributed by atoms with Crippen LogP contribution < -0.4 is 21.3 Å². The number of aryl methyl sites for hydroxylation is 3. The van der Waals surface area contributed by atoms with Crippen LogP contribution in [-0.2, 0) is 14.3 Å². The number of halogens is 1. The Kier molecular flexibility index (Phi) is 12.0. The molecular formula is C36H37ClN10O6S2. The Morgan fingerprint density at radius 1 is 1.00 bits per heavy atom. The van der Waals surface area contributed by atoms with Crippen LogP contribution in [0.25, 0.3) is 5.00 Å². The number of carbonyl (C=O) groups excluding carboxylic acids is 3. The summed E-state index contributed by atoms with van der Waals surface area (Å²) in [6.45, 7) is 10.1. The van der Waals surface area contributed by atoms with E-state index in [9.17, 15) is 24.5 Å². The third-order valence-electron chi connectivity index (χ3n) is 8.61. The number of carbonyl (C=O) groups is 3. The van der Waals surface area contributed by atoms with E-state index in [2.05, 4.69) is 50.3 Å². The van der Waals surface area contributed by atoms with Gasteiger partial charge in [0.05, 0.1) is 41.5 Å². The van der Waals surface area contributed by atoms with Crippen LogP contribution >= 0.6 is 34.3 Å². The molecule has 6 rings (SSSR count). The molecule has 2 aromatic carbocycles. The highest BCUT2D eigenvalue weighted by atomic mass is 35.5. The topological polar surface area (TPSA) is 208 Å². The minimum atomic E-state index is -0.589. The van der Waals surface area contributed by atoms with E-state index < -0.39 is 16.9 Å². The molecule has 286 valence electrons. The normalized spacial score (nSPS) is 13.3. The highest BCUT2D eigenvalue weighted by molar-refractivity contribution is 7.19. The molecule has 0 spiro atoms. The first-order chi connectivity index (χ1) is 26.3. The van der Waals surface area contributed by atoms with Crippen molar-refractivity contribution in [2.45, 2.75) is 47.1 Å². The molecule has 0 saturated heterocycles. The van der Waals surface area contributed by atoms with Gasteiger partial charge in [0, 0.05) is 46.7 Å². The van der Waals surface area contributed by atoms with Gasteiger partial charge in [0.25, 0.3) is 5.91 Å².